The van der Waals surface area contributed by atoms with Crippen LogP contribution in [0.15, 0.2) is 34.8 Å². The Morgan fingerprint density at radius 2 is 2.00 bits per heavy atom. The number of carbonyl (C=O) groups is 1. The van der Waals surface area contributed by atoms with Crippen molar-refractivity contribution in [2.45, 2.75) is 12.8 Å². The molecule has 1 aliphatic rings. The molecule has 0 spiro atoms. The zero-order valence-electron chi connectivity index (χ0n) is 11.3. The molecule has 0 saturated heterocycles. The fraction of sp³-hybridized carbons (Fsp3) is 0.133. The van der Waals surface area contributed by atoms with Crippen LogP contribution in [0.4, 0.5) is 18.9 Å². The first-order valence-electron chi connectivity index (χ1n) is 6.41. The van der Waals surface area contributed by atoms with E-state index in [1.165, 1.54) is 18.2 Å². The highest BCUT2D eigenvalue weighted by Crippen LogP contribution is 2.44. The summed E-state index contributed by atoms with van der Waals surface area (Å²) in [4.78, 5) is 11.5. The van der Waals surface area contributed by atoms with Gasteiger partial charge < -0.3 is 10.1 Å². The quantitative estimate of drug-likeness (QED) is 0.748. The normalized spacial score (nSPS) is 13.7. The number of ether oxygens (including phenoxy) is 1. The van der Waals surface area contributed by atoms with Gasteiger partial charge in [0, 0.05) is 21.3 Å². The molecule has 120 valence electrons. The molecule has 1 N–H and O–H groups in total. The number of amides is 1. The molecule has 0 fully saturated rings. The number of hydrogen-bond acceptors (Lipinski definition) is 2. The van der Waals surface area contributed by atoms with Gasteiger partial charge in [-0.3, -0.25) is 4.79 Å². The van der Waals surface area contributed by atoms with Crippen molar-refractivity contribution >= 4 is 39.1 Å². The fourth-order valence-corrected chi connectivity index (χ4v) is 3.22. The molecule has 1 aliphatic heterocycles. The van der Waals surface area contributed by atoms with Crippen molar-refractivity contribution in [2.24, 2.45) is 0 Å². The lowest BCUT2D eigenvalue weighted by atomic mass is 10.0. The molecule has 0 aromatic heterocycles. The van der Waals surface area contributed by atoms with E-state index in [1.54, 1.807) is 12.1 Å². The maximum Gasteiger partial charge on any atom is 0.573 e. The minimum Gasteiger partial charge on any atom is -0.405 e. The van der Waals surface area contributed by atoms with Crippen LogP contribution in [0, 0.1) is 0 Å². The van der Waals surface area contributed by atoms with Crippen molar-refractivity contribution in [3.8, 4) is 16.9 Å². The first-order valence-corrected chi connectivity index (χ1v) is 7.58. The van der Waals surface area contributed by atoms with Gasteiger partial charge in [0.15, 0.2) is 0 Å². The van der Waals surface area contributed by atoms with Gasteiger partial charge in [-0.15, -0.1) is 13.2 Å². The summed E-state index contributed by atoms with van der Waals surface area (Å²) in [5, 5.41) is 2.79. The summed E-state index contributed by atoms with van der Waals surface area (Å²) in [7, 11) is 0. The maximum absolute atomic E-state index is 12.6. The van der Waals surface area contributed by atoms with Crippen LogP contribution < -0.4 is 10.1 Å². The third-order valence-corrected chi connectivity index (χ3v) is 4.26. The van der Waals surface area contributed by atoms with Crippen LogP contribution in [0.3, 0.4) is 0 Å². The van der Waals surface area contributed by atoms with Crippen LogP contribution in [0.2, 0.25) is 5.02 Å². The SMILES string of the molecule is O=C1Cc2cc(-c3c(Cl)cccc3OC(F)(F)F)c(Br)cc2N1. The van der Waals surface area contributed by atoms with Crippen molar-refractivity contribution in [3.63, 3.8) is 0 Å². The van der Waals surface area contributed by atoms with Crippen LogP contribution in [0.1, 0.15) is 5.56 Å². The molecule has 0 unspecified atom stereocenters. The van der Waals surface area contributed by atoms with Gasteiger partial charge in [0.25, 0.3) is 0 Å². The highest BCUT2D eigenvalue weighted by molar-refractivity contribution is 9.10. The lowest BCUT2D eigenvalue weighted by molar-refractivity contribution is -0.274. The van der Waals surface area contributed by atoms with E-state index in [0.29, 0.717) is 21.3 Å². The third kappa shape index (κ3) is 3.30. The topological polar surface area (TPSA) is 38.3 Å². The standard InChI is InChI=1S/C15H8BrClF3NO2/c16-9-6-11-7(5-13(22)21-11)4-8(9)14-10(17)2-1-3-12(14)23-15(18,19)20/h1-4,6H,5H2,(H,21,22). The van der Waals surface area contributed by atoms with E-state index >= 15 is 0 Å². The van der Waals surface area contributed by atoms with Gasteiger partial charge in [-0.25, -0.2) is 0 Å². The monoisotopic (exact) mass is 405 g/mol. The Hall–Kier alpha value is -1.73. The van der Waals surface area contributed by atoms with Crippen molar-refractivity contribution in [1.29, 1.82) is 0 Å². The van der Waals surface area contributed by atoms with Gasteiger partial charge in [-0.05, 0) is 29.8 Å². The molecule has 0 atom stereocenters. The van der Waals surface area contributed by atoms with E-state index in [1.807, 2.05) is 0 Å². The number of carbonyl (C=O) groups excluding carboxylic acids is 1. The highest BCUT2D eigenvalue weighted by Gasteiger charge is 2.33. The molecule has 1 heterocycles. The number of nitrogens with one attached hydrogen (secondary N) is 1. The molecule has 8 heteroatoms. The predicted molar refractivity (Wildman–Crippen MR) is 83.6 cm³/mol. The summed E-state index contributed by atoms with van der Waals surface area (Å²) >= 11 is 9.40. The largest absolute Gasteiger partial charge is 0.573 e. The van der Waals surface area contributed by atoms with Crippen LogP contribution in [0.5, 0.6) is 5.75 Å². The van der Waals surface area contributed by atoms with Crippen LogP contribution in [0.25, 0.3) is 11.1 Å². The molecule has 0 saturated carbocycles. The number of benzene rings is 2. The summed E-state index contributed by atoms with van der Waals surface area (Å²) in [6.07, 6.45) is -4.67. The number of fused-ring (bicyclic) bond motifs is 1. The third-order valence-electron chi connectivity index (χ3n) is 3.29. The fourth-order valence-electron chi connectivity index (χ4n) is 2.42. The molecule has 1 amide bonds. The first kappa shape index (κ1) is 16.1. The van der Waals surface area contributed by atoms with E-state index in [9.17, 15) is 18.0 Å². The van der Waals surface area contributed by atoms with E-state index in [-0.39, 0.29) is 22.9 Å². The predicted octanol–water partition coefficient (Wildman–Crippen LogP) is 5.16. The van der Waals surface area contributed by atoms with Crippen molar-refractivity contribution in [1.82, 2.24) is 0 Å². The first-order chi connectivity index (χ1) is 10.7. The van der Waals surface area contributed by atoms with E-state index < -0.39 is 12.1 Å². The van der Waals surface area contributed by atoms with Crippen LogP contribution >= 0.6 is 27.5 Å². The molecular weight excluding hydrogens is 399 g/mol. The number of hydrogen-bond donors (Lipinski definition) is 1. The summed E-state index contributed by atoms with van der Waals surface area (Å²) < 4.78 is 42.4. The molecule has 3 rings (SSSR count). The molecule has 2 aromatic rings. The van der Waals surface area contributed by atoms with Crippen molar-refractivity contribution in [3.05, 3.63) is 45.4 Å². The Labute approximate surface area is 142 Å². The second kappa shape index (κ2) is 5.72. The van der Waals surface area contributed by atoms with Gasteiger partial charge in [0.1, 0.15) is 5.75 Å². The molecule has 0 radical (unpaired) electrons. The number of rotatable bonds is 2. The molecular formula is C15H8BrClF3NO2. The molecule has 23 heavy (non-hydrogen) atoms. The number of alkyl halides is 3. The average Bonchev–Trinajstić information content (AvgIpc) is 2.76. The summed E-state index contributed by atoms with van der Waals surface area (Å²) in [5.41, 5.74) is 1.84. The molecule has 0 aliphatic carbocycles. The molecule has 2 aromatic carbocycles. The zero-order valence-corrected chi connectivity index (χ0v) is 13.6. The molecule has 3 nitrogen and oxygen atoms in total. The van der Waals surface area contributed by atoms with Gasteiger partial charge in [-0.1, -0.05) is 33.6 Å². The minimum absolute atomic E-state index is 0.112. The maximum atomic E-state index is 12.6. The van der Waals surface area contributed by atoms with Gasteiger partial charge in [-0.2, -0.15) is 0 Å². The number of halogens is 5. The summed E-state index contributed by atoms with van der Waals surface area (Å²) in [6, 6.07) is 7.30. The average molecular weight is 407 g/mol. The summed E-state index contributed by atoms with van der Waals surface area (Å²) in [5.74, 6) is -0.571. The van der Waals surface area contributed by atoms with E-state index in [2.05, 4.69) is 26.0 Å². The Balaban J connectivity index is 2.16. The van der Waals surface area contributed by atoms with Crippen molar-refractivity contribution < 1.29 is 22.7 Å². The Morgan fingerprint density at radius 3 is 2.70 bits per heavy atom. The second-order valence-electron chi connectivity index (χ2n) is 4.87. The van der Waals surface area contributed by atoms with Gasteiger partial charge in [0.05, 0.1) is 11.4 Å². The zero-order chi connectivity index (χ0) is 16.8. The second-order valence-corrected chi connectivity index (χ2v) is 6.14. The smallest absolute Gasteiger partial charge is 0.405 e. The molecule has 0 bridgehead atoms. The van der Waals surface area contributed by atoms with Crippen LogP contribution in [-0.2, 0) is 11.2 Å². The number of anilines is 1. The Kier molecular flexibility index (Phi) is 4.01. The summed E-state index contributed by atoms with van der Waals surface area (Å²) in [6.45, 7) is 0. The Bertz CT molecular complexity index is 808. The lowest BCUT2D eigenvalue weighted by Gasteiger charge is -2.16. The van der Waals surface area contributed by atoms with Crippen molar-refractivity contribution in [2.75, 3.05) is 5.32 Å². The minimum atomic E-state index is -4.83. The van der Waals surface area contributed by atoms with E-state index in [4.69, 9.17) is 11.6 Å². The Morgan fingerprint density at radius 1 is 1.26 bits per heavy atom. The van der Waals surface area contributed by atoms with E-state index in [0.717, 1.165) is 0 Å². The van der Waals surface area contributed by atoms with Gasteiger partial charge >= 0.3 is 6.36 Å². The highest BCUT2D eigenvalue weighted by atomic mass is 79.9. The van der Waals surface area contributed by atoms with Gasteiger partial charge in [0.2, 0.25) is 5.91 Å². The lowest BCUT2D eigenvalue weighted by Crippen LogP contribution is -2.17. The van der Waals surface area contributed by atoms with Crippen LogP contribution in [-0.4, -0.2) is 12.3 Å².